The van der Waals surface area contributed by atoms with Crippen molar-refractivity contribution in [3.05, 3.63) is 17.2 Å². The van der Waals surface area contributed by atoms with Gasteiger partial charge in [-0.05, 0) is 6.07 Å². The first-order chi connectivity index (χ1) is 8.02. The first-order valence-electron chi connectivity index (χ1n) is 5.02. The summed E-state index contributed by atoms with van der Waals surface area (Å²) in [6, 6.07) is 1.50. The highest BCUT2D eigenvalue weighted by Gasteiger charge is 2.27. The second kappa shape index (κ2) is 3.97. The summed E-state index contributed by atoms with van der Waals surface area (Å²) >= 11 is 0. The van der Waals surface area contributed by atoms with Gasteiger partial charge in [-0.15, -0.1) is 0 Å². The summed E-state index contributed by atoms with van der Waals surface area (Å²) in [5.74, 6) is -0.428. The van der Waals surface area contributed by atoms with Crippen molar-refractivity contribution < 1.29 is 19.4 Å². The highest BCUT2D eigenvalue weighted by Crippen LogP contribution is 2.41. The number of fused-ring (bicyclic) bond motifs is 1. The average molecular weight is 236 g/mol. The van der Waals surface area contributed by atoms with Crippen molar-refractivity contribution >= 4 is 17.5 Å². The minimum absolute atomic E-state index is 0.0713. The summed E-state index contributed by atoms with van der Waals surface area (Å²) in [6.45, 7) is 0. The lowest BCUT2D eigenvalue weighted by Gasteiger charge is -2.12. The number of ether oxygens (including phenoxy) is 1. The first kappa shape index (κ1) is 11.3. The van der Waals surface area contributed by atoms with Gasteiger partial charge in [0.25, 0.3) is 0 Å². The molecule has 0 aliphatic carbocycles. The topological polar surface area (TPSA) is 102 Å². The van der Waals surface area contributed by atoms with Crippen molar-refractivity contribution in [3.63, 3.8) is 0 Å². The van der Waals surface area contributed by atoms with Gasteiger partial charge in [0.15, 0.2) is 0 Å². The van der Waals surface area contributed by atoms with E-state index in [1.807, 2.05) is 0 Å². The van der Waals surface area contributed by atoms with Gasteiger partial charge in [-0.3, -0.25) is 9.59 Å². The van der Waals surface area contributed by atoms with Crippen LogP contribution in [0.1, 0.15) is 11.1 Å². The molecule has 1 aliphatic rings. The Balaban J connectivity index is 2.55. The largest absolute Gasteiger partial charge is 0.507 e. The van der Waals surface area contributed by atoms with E-state index < -0.39 is 5.91 Å². The third-order valence-electron chi connectivity index (χ3n) is 2.63. The minimum Gasteiger partial charge on any atom is -0.507 e. The van der Waals surface area contributed by atoms with Crippen molar-refractivity contribution in [2.75, 3.05) is 12.4 Å². The molecule has 0 saturated carbocycles. The molecular formula is C11H12N2O4. The van der Waals surface area contributed by atoms with Crippen LogP contribution >= 0.6 is 0 Å². The van der Waals surface area contributed by atoms with E-state index in [0.717, 1.165) is 0 Å². The highest BCUT2D eigenvalue weighted by atomic mass is 16.5. The average Bonchev–Trinajstić information content (AvgIpc) is 2.64. The number of amides is 2. The number of phenols is 1. The van der Waals surface area contributed by atoms with Gasteiger partial charge >= 0.3 is 0 Å². The number of methoxy groups -OCH3 is 1. The Morgan fingerprint density at radius 3 is 2.94 bits per heavy atom. The summed E-state index contributed by atoms with van der Waals surface area (Å²) < 4.78 is 5.10. The number of phenolic OH excluding ortho intramolecular Hbond substituents is 1. The zero-order chi connectivity index (χ0) is 12.6. The van der Waals surface area contributed by atoms with Gasteiger partial charge < -0.3 is 20.9 Å². The number of anilines is 1. The maximum absolute atomic E-state index is 11.3. The molecule has 4 N–H and O–H groups in total. The Hall–Kier alpha value is -2.24. The first-order valence-corrected chi connectivity index (χ1v) is 5.02. The maximum atomic E-state index is 11.3. The number of primary amides is 1. The van der Waals surface area contributed by atoms with Crippen LogP contribution in [-0.4, -0.2) is 24.0 Å². The van der Waals surface area contributed by atoms with Gasteiger partial charge in [-0.25, -0.2) is 0 Å². The normalized spacial score (nSPS) is 13.1. The van der Waals surface area contributed by atoms with E-state index in [1.165, 1.54) is 13.2 Å². The fourth-order valence-corrected chi connectivity index (χ4v) is 1.90. The third kappa shape index (κ3) is 1.89. The summed E-state index contributed by atoms with van der Waals surface area (Å²) in [6.07, 6.45) is -0.0200. The smallest absolute Gasteiger partial charge is 0.229 e. The number of aromatic hydroxyl groups is 1. The quantitative estimate of drug-likeness (QED) is 0.683. The molecule has 0 unspecified atom stereocenters. The van der Waals surface area contributed by atoms with Crippen LogP contribution in [0.15, 0.2) is 6.07 Å². The minimum atomic E-state index is -0.556. The molecule has 0 saturated heterocycles. The van der Waals surface area contributed by atoms with Crippen LogP contribution in [-0.2, 0) is 22.4 Å². The number of hydrogen-bond acceptors (Lipinski definition) is 4. The molecule has 90 valence electrons. The van der Waals surface area contributed by atoms with Gasteiger partial charge in [-0.2, -0.15) is 0 Å². The molecule has 0 radical (unpaired) electrons. The Bertz CT molecular complexity index is 511. The fraction of sp³-hybridized carbons (Fsp3) is 0.273. The number of nitrogens with one attached hydrogen (secondary N) is 1. The van der Waals surface area contributed by atoms with Gasteiger partial charge in [0, 0.05) is 11.1 Å². The molecule has 1 heterocycles. The van der Waals surface area contributed by atoms with Crippen LogP contribution in [0.5, 0.6) is 11.5 Å². The van der Waals surface area contributed by atoms with Crippen LogP contribution < -0.4 is 15.8 Å². The monoisotopic (exact) mass is 236 g/mol. The number of rotatable bonds is 3. The van der Waals surface area contributed by atoms with Gasteiger partial charge in [0.1, 0.15) is 11.5 Å². The zero-order valence-electron chi connectivity index (χ0n) is 9.24. The molecule has 2 amide bonds. The number of nitrogens with two attached hydrogens (primary N) is 1. The molecule has 1 aromatic rings. The molecule has 17 heavy (non-hydrogen) atoms. The number of carbonyl (C=O) groups is 2. The van der Waals surface area contributed by atoms with Crippen molar-refractivity contribution in [1.82, 2.24) is 0 Å². The summed E-state index contributed by atoms with van der Waals surface area (Å²) in [5.41, 5.74) is 6.36. The molecule has 1 aromatic carbocycles. The van der Waals surface area contributed by atoms with Gasteiger partial charge in [-0.1, -0.05) is 0 Å². The number of benzene rings is 1. The summed E-state index contributed by atoms with van der Waals surface area (Å²) in [5, 5.41) is 12.5. The molecule has 0 bridgehead atoms. The second-order valence-electron chi connectivity index (χ2n) is 3.81. The molecule has 6 heteroatoms. The van der Waals surface area contributed by atoms with Crippen LogP contribution in [0.25, 0.3) is 0 Å². The molecule has 0 aromatic heterocycles. The van der Waals surface area contributed by atoms with E-state index in [-0.39, 0.29) is 24.5 Å². The predicted molar refractivity (Wildman–Crippen MR) is 59.9 cm³/mol. The van der Waals surface area contributed by atoms with E-state index in [9.17, 15) is 14.7 Å². The zero-order valence-corrected chi connectivity index (χ0v) is 9.24. The highest BCUT2D eigenvalue weighted by molar-refractivity contribution is 6.02. The van der Waals surface area contributed by atoms with Crippen molar-refractivity contribution in [3.8, 4) is 11.5 Å². The van der Waals surface area contributed by atoms with E-state index in [1.54, 1.807) is 0 Å². The fourth-order valence-electron chi connectivity index (χ4n) is 1.90. The molecule has 0 fully saturated rings. The summed E-state index contributed by atoms with van der Waals surface area (Å²) in [7, 11) is 1.45. The lowest BCUT2D eigenvalue weighted by atomic mass is 10.0. The lowest BCUT2D eigenvalue weighted by molar-refractivity contribution is -0.117. The second-order valence-corrected chi connectivity index (χ2v) is 3.81. The lowest BCUT2D eigenvalue weighted by Crippen LogP contribution is -2.14. The molecular weight excluding hydrogens is 224 g/mol. The third-order valence-corrected chi connectivity index (χ3v) is 2.63. The van der Waals surface area contributed by atoms with E-state index in [2.05, 4.69) is 5.32 Å². The van der Waals surface area contributed by atoms with Crippen molar-refractivity contribution in [2.24, 2.45) is 5.73 Å². The van der Waals surface area contributed by atoms with Crippen LogP contribution in [0.3, 0.4) is 0 Å². The Kier molecular flexibility index (Phi) is 2.63. The van der Waals surface area contributed by atoms with Gasteiger partial charge in [0.2, 0.25) is 11.8 Å². The number of carbonyl (C=O) groups excluding carboxylic acids is 2. The van der Waals surface area contributed by atoms with Crippen LogP contribution in [0.2, 0.25) is 0 Å². The summed E-state index contributed by atoms with van der Waals surface area (Å²) in [4.78, 5) is 22.2. The Morgan fingerprint density at radius 2 is 2.35 bits per heavy atom. The standard InChI is InChI=1S/C11H12N2O4/c1-17-7-2-5(3-8(12)14)11(16)6-4-9(15)13-10(6)7/h2,16H,3-4H2,1H3,(H2,12,14)(H,13,15). The molecule has 6 nitrogen and oxygen atoms in total. The van der Waals surface area contributed by atoms with E-state index >= 15 is 0 Å². The molecule has 0 atom stereocenters. The molecule has 0 spiro atoms. The molecule has 1 aliphatic heterocycles. The van der Waals surface area contributed by atoms with Crippen molar-refractivity contribution in [1.29, 1.82) is 0 Å². The van der Waals surface area contributed by atoms with Crippen LogP contribution in [0.4, 0.5) is 5.69 Å². The maximum Gasteiger partial charge on any atom is 0.229 e. The number of hydrogen-bond donors (Lipinski definition) is 3. The Morgan fingerprint density at radius 1 is 1.65 bits per heavy atom. The van der Waals surface area contributed by atoms with Gasteiger partial charge in [0.05, 0.1) is 25.6 Å². The van der Waals surface area contributed by atoms with E-state index in [4.69, 9.17) is 10.5 Å². The SMILES string of the molecule is COc1cc(CC(N)=O)c(O)c2c1NC(=O)C2. The van der Waals surface area contributed by atoms with Crippen molar-refractivity contribution in [2.45, 2.75) is 12.8 Å². The van der Waals surface area contributed by atoms with E-state index in [0.29, 0.717) is 22.6 Å². The predicted octanol–water partition coefficient (Wildman–Crippen LogP) is -0.0768. The Labute approximate surface area is 97.4 Å². The molecule has 2 rings (SSSR count). The van der Waals surface area contributed by atoms with Crippen LogP contribution in [0, 0.1) is 0 Å².